The molecule has 3 aromatic rings. The first-order valence-corrected chi connectivity index (χ1v) is 10.9. The maximum atomic E-state index is 13.1. The van der Waals surface area contributed by atoms with Crippen molar-refractivity contribution in [2.75, 3.05) is 0 Å². The maximum Gasteiger partial charge on any atom is 0.268 e. The van der Waals surface area contributed by atoms with Gasteiger partial charge in [0.15, 0.2) is 0 Å². The Kier molecular flexibility index (Phi) is 5.29. The molecule has 0 radical (unpaired) electrons. The van der Waals surface area contributed by atoms with Crippen LogP contribution in [0.2, 0.25) is 5.02 Å². The normalized spacial score (nSPS) is 22.9. The van der Waals surface area contributed by atoms with Crippen LogP contribution in [0.1, 0.15) is 49.2 Å². The van der Waals surface area contributed by atoms with Gasteiger partial charge in [0.05, 0.1) is 10.2 Å². The van der Waals surface area contributed by atoms with Gasteiger partial charge in [-0.3, -0.25) is 4.79 Å². The van der Waals surface area contributed by atoms with E-state index in [4.69, 9.17) is 11.6 Å². The van der Waals surface area contributed by atoms with Crippen LogP contribution in [0.15, 0.2) is 41.8 Å². The zero-order chi connectivity index (χ0) is 19.0. The summed E-state index contributed by atoms with van der Waals surface area (Å²) in [4.78, 5) is 13.1. The third kappa shape index (κ3) is 3.78. The van der Waals surface area contributed by atoms with Crippen LogP contribution >= 0.6 is 22.9 Å². The van der Waals surface area contributed by atoms with Crippen LogP contribution in [-0.4, -0.2) is 16.5 Å². The van der Waals surface area contributed by atoms with E-state index >= 15 is 0 Å². The number of carbonyl (C=O) groups excluding carboxylic acids is 1. The van der Waals surface area contributed by atoms with Crippen LogP contribution in [0.3, 0.4) is 0 Å². The maximum absolute atomic E-state index is 13.1. The standard InChI is InChI=1S/C22H25ClN2OS/c1-14-4-3-5-18(15(14)2)24-22(26)20-12-21-19(10-11-27-21)25(20)13-16-6-8-17(23)9-7-16/h6-12,14-15,18H,3-5,13H2,1-2H3,(H,24,26)/t14-,15+,18-/m1/s1. The van der Waals surface area contributed by atoms with E-state index in [0.29, 0.717) is 18.4 Å². The molecule has 0 aliphatic heterocycles. The lowest BCUT2D eigenvalue weighted by Crippen LogP contribution is -2.44. The first-order chi connectivity index (χ1) is 13.0. The van der Waals surface area contributed by atoms with E-state index in [1.54, 1.807) is 11.3 Å². The van der Waals surface area contributed by atoms with Crippen LogP contribution < -0.4 is 5.32 Å². The summed E-state index contributed by atoms with van der Waals surface area (Å²) in [6, 6.07) is 12.2. The number of amides is 1. The Balaban J connectivity index is 1.62. The Bertz CT molecular complexity index is 943. The van der Waals surface area contributed by atoms with Crippen molar-refractivity contribution < 1.29 is 4.79 Å². The molecule has 0 saturated heterocycles. The van der Waals surface area contributed by atoms with E-state index in [2.05, 4.69) is 35.2 Å². The molecule has 2 aromatic heterocycles. The zero-order valence-electron chi connectivity index (χ0n) is 15.7. The Hall–Kier alpha value is -1.78. The predicted molar refractivity (Wildman–Crippen MR) is 114 cm³/mol. The van der Waals surface area contributed by atoms with Gasteiger partial charge in [-0.2, -0.15) is 0 Å². The second kappa shape index (κ2) is 7.69. The minimum atomic E-state index is 0.0401. The third-order valence-corrected chi connectivity index (χ3v) is 7.14. The zero-order valence-corrected chi connectivity index (χ0v) is 17.3. The minimum absolute atomic E-state index is 0.0401. The van der Waals surface area contributed by atoms with Gasteiger partial charge < -0.3 is 9.88 Å². The topological polar surface area (TPSA) is 34.0 Å². The molecule has 0 spiro atoms. The first kappa shape index (κ1) is 18.6. The number of thiophene rings is 1. The van der Waals surface area contributed by atoms with Gasteiger partial charge in [0.25, 0.3) is 5.91 Å². The molecule has 1 fully saturated rings. The molecule has 1 N–H and O–H groups in total. The molecule has 0 unspecified atom stereocenters. The lowest BCUT2D eigenvalue weighted by Gasteiger charge is -2.34. The van der Waals surface area contributed by atoms with Crippen molar-refractivity contribution in [1.82, 2.24) is 9.88 Å². The van der Waals surface area contributed by atoms with Crippen molar-refractivity contribution in [3.05, 3.63) is 58.1 Å². The lowest BCUT2D eigenvalue weighted by molar-refractivity contribution is 0.0882. The van der Waals surface area contributed by atoms with Gasteiger partial charge in [0.2, 0.25) is 0 Å². The molecule has 142 valence electrons. The summed E-state index contributed by atoms with van der Waals surface area (Å²) >= 11 is 7.70. The van der Waals surface area contributed by atoms with Crippen molar-refractivity contribution >= 4 is 39.1 Å². The number of nitrogens with one attached hydrogen (secondary N) is 1. The Morgan fingerprint density at radius 1 is 1.22 bits per heavy atom. The van der Waals surface area contributed by atoms with Gasteiger partial charge in [-0.05, 0) is 53.5 Å². The quantitative estimate of drug-likeness (QED) is 0.576. The van der Waals surface area contributed by atoms with Gasteiger partial charge in [-0.25, -0.2) is 0 Å². The van der Waals surface area contributed by atoms with Crippen LogP contribution in [-0.2, 0) is 6.54 Å². The first-order valence-electron chi connectivity index (χ1n) is 9.65. The molecule has 1 aromatic carbocycles. The average molecular weight is 401 g/mol. The summed E-state index contributed by atoms with van der Waals surface area (Å²) in [5.41, 5.74) is 3.00. The van der Waals surface area contributed by atoms with Crippen molar-refractivity contribution in [1.29, 1.82) is 0 Å². The molecule has 3 atom stereocenters. The summed E-state index contributed by atoms with van der Waals surface area (Å²) in [6.07, 6.45) is 3.52. The van der Waals surface area contributed by atoms with Crippen molar-refractivity contribution in [2.45, 2.75) is 45.7 Å². The number of fused-ring (bicyclic) bond motifs is 1. The molecular formula is C22H25ClN2OS. The Morgan fingerprint density at radius 2 is 2.00 bits per heavy atom. The summed E-state index contributed by atoms with van der Waals surface area (Å²) in [6.45, 7) is 5.22. The molecule has 1 saturated carbocycles. The summed E-state index contributed by atoms with van der Waals surface area (Å²) in [7, 11) is 0. The van der Waals surface area contributed by atoms with Gasteiger partial charge in [0, 0.05) is 17.6 Å². The van der Waals surface area contributed by atoms with E-state index < -0.39 is 0 Å². The number of benzene rings is 1. The molecule has 0 bridgehead atoms. The molecule has 4 rings (SSSR count). The summed E-state index contributed by atoms with van der Waals surface area (Å²) in [5, 5.41) is 6.13. The van der Waals surface area contributed by atoms with E-state index in [9.17, 15) is 4.79 Å². The highest BCUT2D eigenvalue weighted by Crippen LogP contribution is 2.31. The fraction of sp³-hybridized carbons (Fsp3) is 0.409. The number of hydrogen-bond acceptors (Lipinski definition) is 2. The average Bonchev–Trinajstić information content (AvgIpc) is 3.23. The molecule has 1 aliphatic rings. The molecule has 27 heavy (non-hydrogen) atoms. The molecule has 2 heterocycles. The summed E-state index contributed by atoms with van der Waals surface area (Å²) in [5.74, 6) is 1.22. The number of hydrogen-bond donors (Lipinski definition) is 1. The number of rotatable bonds is 4. The van der Waals surface area contributed by atoms with Crippen molar-refractivity contribution in [2.24, 2.45) is 11.8 Å². The second-order valence-electron chi connectivity index (χ2n) is 7.76. The molecular weight excluding hydrogens is 376 g/mol. The van der Waals surface area contributed by atoms with E-state index in [0.717, 1.165) is 32.9 Å². The van der Waals surface area contributed by atoms with Crippen molar-refractivity contribution in [3.63, 3.8) is 0 Å². The smallest absolute Gasteiger partial charge is 0.268 e. The number of aromatic nitrogens is 1. The highest BCUT2D eigenvalue weighted by atomic mass is 35.5. The molecule has 3 nitrogen and oxygen atoms in total. The highest BCUT2D eigenvalue weighted by molar-refractivity contribution is 7.17. The number of carbonyl (C=O) groups is 1. The minimum Gasteiger partial charge on any atom is -0.348 e. The fourth-order valence-corrected chi connectivity index (χ4v) is 5.08. The van der Waals surface area contributed by atoms with Crippen LogP contribution in [0, 0.1) is 11.8 Å². The van der Waals surface area contributed by atoms with Crippen LogP contribution in [0.4, 0.5) is 0 Å². The monoisotopic (exact) mass is 400 g/mol. The number of halogens is 1. The molecule has 1 aliphatic carbocycles. The van der Waals surface area contributed by atoms with E-state index in [-0.39, 0.29) is 11.9 Å². The molecule has 1 amide bonds. The third-order valence-electron chi connectivity index (χ3n) is 6.03. The van der Waals surface area contributed by atoms with Gasteiger partial charge in [-0.1, -0.05) is 50.4 Å². The number of nitrogens with zero attached hydrogens (tertiary/aromatic N) is 1. The predicted octanol–water partition coefficient (Wildman–Crippen LogP) is 5.96. The molecule has 5 heteroatoms. The van der Waals surface area contributed by atoms with E-state index in [1.807, 2.05) is 30.3 Å². The second-order valence-corrected chi connectivity index (χ2v) is 9.14. The summed E-state index contributed by atoms with van der Waals surface area (Å²) < 4.78 is 3.28. The van der Waals surface area contributed by atoms with Crippen LogP contribution in [0.25, 0.3) is 10.2 Å². The fourth-order valence-electron chi connectivity index (χ4n) is 4.14. The van der Waals surface area contributed by atoms with Crippen LogP contribution in [0.5, 0.6) is 0 Å². The van der Waals surface area contributed by atoms with Gasteiger partial charge >= 0.3 is 0 Å². The highest BCUT2D eigenvalue weighted by Gasteiger charge is 2.29. The largest absolute Gasteiger partial charge is 0.348 e. The van der Waals surface area contributed by atoms with Crippen molar-refractivity contribution in [3.8, 4) is 0 Å². The lowest BCUT2D eigenvalue weighted by atomic mass is 9.78. The Labute approximate surface area is 169 Å². The Morgan fingerprint density at radius 3 is 2.78 bits per heavy atom. The van der Waals surface area contributed by atoms with Gasteiger partial charge in [-0.15, -0.1) is 11.3 Å². The SMILES string of the molecule is C[C@H]1[C@H](C)CCC[C@H]1NC(=O)c1cc2sccc2n1Cc1ccc(Cl)cc1. The van der Waals surface area contributed by atoms with Gasteiger partial charge in [0.1, 0.15) is 5.69 Å². The van der Waals surface area contributed by atoms with E-state index in [1.165, 1.54) is 12.8 Å².